The van der Waals surface area contributed by atoms with Crippen LogP contribution in [0.3, 0.4) is 0 Å². The molecule has 2 unspecified atom stereocenters. The molecule has 1 saturated carbocycles. The molecule has 0 saturated heterocycles. The van der Waals surface area contributed by atoms with E-state index in [-0.39, 0.29) is 23.6 Å². The van der Waals surface area contributed by atoms with Gasteiger partial charge in [0.2, 0.25) is 5.91 Å². The van der Waals surface area contributed by atoms with Crippen LogP contribution in [0.1, 0.15) is 24.8 Å². The molecule has 2 atom stereocenters. The first-order valence-corrected chi connectivity index (χ1v) is 8.00. The van der Waals surface area contributed by atoms with Crippen LogP contribution < -0.4 is 14.8 Å². The largest absolute Gasteiger partial charge is 0.493 e. The molecule has 1 N–H and O–H groups in total. The van der Waals surface area contributed by atoms with Gasteiger partial charge in [0.15, 0.2) is 11.5 Å². The molecule has 4 nitrogen and oxygen atoms in total. The van der Waals surface area contributed by atoms with Crippen LogP contribution in [0.5, 0.6) is 11.5 Å². The van der Waals surface area contributed by atoms with Crippen molar-refractivity contribution in [2.24, 2.45) is 5.92 Å². The van der Waals surface area contributed by atoms with Gasteiger partial charge in [-0.25, -0.2) is 4.39 Å². The van der Waals surface area contributed by atoms with Crippen LogP contribution >= 0.6 is 0 Å². The van der Waals surface area contributed by atoms with Crippen molar-refractivity contribution in [2.45, 2.75) is 19.3 Å². The minimum Gasteiger partial charge on any atom is -0.493 e. The van der Waals surface area contributed by atoms with E-state index in [4.69, 9.17) is 9.47 Å². The number of halogens is 1. The smallest absolute Gasteiger partial charge is 0.228 e. The molecule has 24 heavy (non-hydrogen) atoms. The summed E-state index contributed by atoms with van der Waals surface area (Å²) < 4.78 is 24.5. The fourth-order valence-corrected chi connectivity index (χ4v) is 2.86. The summed E-state index contributed by atoms with van der Waals surface area (Å²) in [6.45, 7) is 2.43. The first-order chi connectivity index (χ1) is 11.6. The SMILES string of the molecule is CCOc1ccc(NC(=O)C2CC2c2ccccc2F)cc1OC. The first-order valence-electron chi connectivity index (χ1n) is 8.00. The highest BCUT2D eigenvalue weighted by atomic mass is 19.1. The second-order valence-corrected chi connectivity index (χ2v) is 5.76. The Morgan fingerprint density at radius 1 is 1.25 bits per heavy atom. The summed E-state index contributed by atoms with van der Waals surface area (Å²) in [6, 6.07) is 11.9. The molecule has 1 amide bonds. The molecule has 0 spiro atoms. The molecule has 126 valence electrons. The van der Waals surface area contributed by atoms with Gasteiger partial charge < -0.3 is 14.8 Å². The Balaban J connectivity index is 1.67. The number of benzene rings is 2. The number of amides is 1. The number of ether oxygens (including phenoxy) is 2. The molecule has 1 aliphatic rings. The van der Waals surface area contributed by atoms with Crippen LogP contribution in [0.2, 0.25) is 0 Å². The van der Waals surface area contributed by atoms with Crippen molar-refractivity contribution in [3.05, 3.63) is 53.8 Å². The second kappa shape index (κ2) is 6.91. The molecule has 0 heterocycles. The van der Waals surface area contributed by atoms with Gasteiger partial charge in [0.1, 0.15) is 5.82 Å². The predicted octanol–water partition coefficient (Wildman–Crippen LogP) is 3.98. The van der Waals surface area contributed by atoms with Gasteiger partial charge in [-0.1, -0.05) is 18.2 Å². The monoisotopic (exact) mass is 329 g/mol. The van der Waals surface area contributed by atoms with Gasteiger partial charge in [-0.05, 0) is 43.0 Å². The van der Waals surface area contributed by atoms with Crippen molar-refractivity contribution in [2.75, 3.05) is 19.0 Å². The Morgan fingerprint density at radius 3 is 2.75 bits per heavy atom. The summed E-state index contributed by atoms with van der Waals surface area (Å²) in [4.78, 5) is 12.4. The van der Waals surface area contributed by atoms with Crippen molar-refractivity contribution in [1.29, 1.82) is 0 Å². The van der Waals surface area contributed by atoms with E-state index in [1.165, 1.54) is 6.07 Å². The van der Waals surface area contributed by atoms with E-state index in [2.05, 4.69) is 5.32 Å². The summed E-state index contributed by atoms with van der Waals surface area (Å²) in [5, 5.41) is 2.87. The first kappa shape index (κ1) is 16.3. The Kier molecular flexibility index (Phi) is 4.69. The Bertz CT molecular complexity index is 747. The third kappa shape index (κ3) is 3.35. The van der Waals surface area contributed by atoms with E-state index in [0.29, 0.717) is 35.8 Å². The lowest BCUT2D eigenvalue weighted by atomic mass is 10.1. The topological polar surface area (TPSA) is 47.6 Å². The molecular weight excluding hydrogens is 309 g/mol. The van der Waals surface area contributed by atoms with Gasteiger partial charge in [-0.15, -0.1) is 0 Å². The molecule has 5 heteroatoms. The molecule has 2 aromatic carbocycles. The van der Waals surface area contributed by atoms with E-state index >= 15 is 0 Å². The fourth-order valence-electron chi connectivity index (χ4n) is 2.86. The number of anilines is 1. The van der Waals surface area contributed by atoms with Crippen LogP contribution in [-0.4, -0.2) is 19.6 Å². The highest BCUT2D eigenvalue weighted by molar-refractivity contribution is 5.95. The zero-order chi connectivity index (χ0) is 17.1. The van der Waals surface area contributed by atoms with Crippen LogP contribution in [0, 0.1) is 11.7 Å². The minimum atomic E-state index is -0.250. The van der Waals surface area contributed by atoms with Crippen molar-refractivity contribution < 1.29 is 18.7 Å². The summed E-state index contributed by atoms with van der Waals surface area (Å²) in [6.07, 6.45) is 0.668. The van der Waals surface area contributed by atoms with E-state index in [1.54, 1.807) is 43.5 Å². The Hall–Kier alpha value is -2.56. The lowest BCUT2D eigenvalue weighted by Gasteiger charge is -2.12. The van der Waals surface area contributed by atoms with Crippen molar-refractivity contribution in [3.8, 4) is 11.5 Å². The number of hydrogen-bond donors (Lipinski definition) is 1. The summed E-state index contributed by atoms with van der Waals surface area (Å²) in [5.41, 5.74) is 1.25. The van der Waals surface area contributed by atoms with E-state index in [0.717, 1.165) is 0 Å². The van der Waals surface area contributed by atoms with Gasteiger partial charge in [0.05, 0.1) is 13.7 Å². The average Bonchev–Trinajstić information content (AvgIpc) is 3.37. The molecule has 0 bridgehead atoms. The Morgan fingerprint density at radius 2 is 2.04 bits per heavy atom. The van der Waals surface area contributed by atoms with Crippen LogP contribution in [-0.2, 0) is 4.79 Å². The van der Waals surface area contributed by atoms with Crippen LogP contribution in [0.25, 0.3) is 0 Å². The predicted molar refractivity (Wildman–Crippen MR) is 90.0 cm³/mol. The normalized spacial score (nSPS) is 18.8. The molecule has 1 aliphatic carbocycles. The number of methoxy groups -OCH3 is 1. The van der Waals surface area contributed by atoms with E-state index in [1.807, 2.05) is 6.92 Å². The minimum absolute atomic E-state index is 0.0456. The van der Waals surface area contributed by atoms with Gasteiger partial charge in [0, 0.05) is 17.7 Å². The average molecular weight is 329 g/mol. The summed E-state index contributed by atoms with van der Waals surface area (Å²) in [5.74, 6) is 0.606. The molecular formula is C19H20FNO3. The van der Waals surface area contributed by atoms with Crippen LogP contribution in [0.15, 0.2) is 42.5 Å². The van der Waals surface area contributed by atoms with Gasteiger partial charge in [-0.2, -0.15) is 0 Å². The standard InChI is InChI=1S/C19H20FNO3/c1-3-24-17-9-8-12(10-18(17)23-2)21-19(22)15-11-14(15)13-6-4-5-7-16(13)20/h4-10,14-15H,3,11H2,1-2H3,(H,21,22). The summed E-state index contributed by atoms with van der Waals surface area (Å²) >= 11 is 0. The number of carbonyl (C=O) groups is 1. The van der Waals surface area contributed by atoms with Gasteiger partial charge in [0.25, 0.3) is 0 Å². The molecule has 3 rings (SSSR count). The maximum atomic E-state index is 13.8. The highest BCUT2D eigenvalue weighted by Crippen LogP contribution is 2.48. The zero-order valence-electron chi connectivity index (χ0n) is 13.7. The highest BCUT2D eigenvalue weighted by Gasteiger charge is 2.45. The zero-order valence-corrected chi connectivity index (χ0v) is 13.7. The molecule has 0 radical (unpaired) electrons. The lowest BCUT2D eigenvalue weighted by molar-refractivity contribution is -0.117. The molecule has 1 fully saturated rings. The van der Waals surface area contributed by atoms with Crippen LogP contribution in [0.4, 0.5) is 10.1 Å². The van der Waals surface area contributed by atoms with Crippen molar-refractivity contribution >= 4 is 11.6 Å². The number of rotatable bonds is 6. The third-order valence-corrected chi connectivity index (χ3v) is 4.16. The maximum Gasteiger partial charge on any atom is 0.228 e. The number of nitrogens with one attached hydrogen (secondary N) is 1. The van der Waals surface area contributed by atoms with E-state index < -0.39 is 0 Å². The third-order valence-electron chi connectivity index (χ3n) is 4.16. The maximum absolute atomic E-state index is 13.8. The molecule has 0 aromatic heterocycles. The van der Waals surface area contributed by atoms with Gasteiger partial charge in [-0.3, -0.25) is 4.79 Å². The summed E-state index contributed by atoms with van der Waals surface area (Å²) in [7, 11) is 1.55. The molecule has 0 aliphatic heterocycles. The number of carbonyl (C=O) groups excluding carboxylic acids is 1. The lowest BCUT2D eigenvalue weighted by Crippen LogP contribution is -2.14. The fraction of sp³-hybridized carbons (Fsp3) is 0.316. The van der Waals surface area contributed by atoms with Crippen molar-refractivity contribution in [1.82, 2.24) is 0 Å². The Labute approximate surface area is 140 Å². The second-order valence-electron chi connectivity index (χ2n) is 5.76. The van der Waals surface area contributed by atoms with Gasteiger partial charge >= 0.3 is 0 Å². The molecule has 2 aromatic rings. The van der Waals surface area contributed by atoms with E-state index in [9.17, 15) is 9.18 Å². The quantitative estimate of drug-likeness (QED) is 0.872. The number of hydrogen-bond acceptors (Lipinski definition) is 3. The van der Waals surface area contributed by atoms with Crippen molar-refractivity contribution in [3.63, 3.8) is 0 Å².